The Hall–Kier alpha value is -0.870. The number of aromatic nitrogens is 1. The first-order valence-corrected chi connectivity index (χ1v) is 8.32. The van der Waals surface area contributed by atoms with Gasteiger partial charge in [0, 0.05) is 20.8 Å². The molecule has 0 radical (unpaired) electrons. The second-order valence-electron chi connectivity index (χ2n) is 4.87. The van der Waals surface area contributed by atoms with Crippen LogP contribution < -0.4 is 5.32 Å². The minimum absolute atomic E-state index is 0.617. The summed E-state index contributed by atoms with van der Waals surface area (Å²) < 4.78 is 1.99. The highest BCUT2D eigenvalue weighted by Gasteiger charge is 2.04. The van der Waals surface area contributed by atoms with Gasteiger partial charge in [-0.05, 0) is 68.0 Å². The number of anilines is 1. The highest BCUT2D eigenvalue weighted by atomic mass is 79.9. The Morgan fingerprint density at radius 2 is 1.90 bits per heavy atom. The fraction of sp³-hybridized carbons (Fsp3) is 0.312. The maximum absolute atomic E-state index is 4.40. The van der Waals surface area contributed by atoms with Gasteiger partial charge in [-0.15, -0.1) is 0 Å². The van der Waals surface area contributed by atoms with E-state index in [0.29, 0.717) is 12.5 Å². The van der Waals surface area contributed by atoms with Crippen molar-refractivity contribution in [3.8, 4) is 0 Å². The Kier molecular flexibility index (Phi) is 5.61. The molecule has 1 aromatic heterocycles. The van der Waals surface area contributed by atoms with Crippen molar-refractivity contribution in [1.29, 1.82) is 0 Å². The van der Waals surface area contributed by atoms with Crippen molar-refractivity contribution >= 4 is 37.5 Å². The predicted molar refractivity (Wildman–Crippen MR) is 92.1 cm³/mol. The van der Waals surface area contributed by atoms with E-state index in [1.165, 1.54) is 12.0 Å². The molecule has 0 bridgehead atoms. The smallest absolute Gasteiger partial charge is 0.0737 e. The molecule has 0 amide bonds. The molecule has 0 saturated heterocycles. The molecule has 0 saturated carbocycles. The number of benzene rings is 1. The van der Waals surface area contributed by atoms with Crippen molar-refractivity contribution < 1.29 is 0 Å². The van der Waals surface area contributed by atoms with Crippen molar-refractivity contribution in [2.75, 3.05) is 5.32 Å². The maximum atomic E-state index is 4.40. The summed E-state index contributed by atoms with van der Waals surface area (Å²) >= 11 is 6.94. The number of pyridine rings is 1. The topological polar surface area (TPSA) is 24.9 Å². The van der Waals surface area contributed by atoms with Crippen molar-refractivity contribution in [3.05, 3.63) is 56.7 Å². The predicted octanol–water partition coefficient (Wildman–Crippen LogP) is 5.73. The molecule has 1 atom stereocenters. The third-order valence-corrected chi connectivity index (χ3v) is 4.56. The van der Waals surface area contributed by atoms with Crippen LogP contribution >= 0.6 is 31.9 Å². The van der Waals surface area contributed by atoms with Crippen molar-refractivity contribution in [1.82, 2.24) is 4.98 Å². The lowest BCUT2D eigenvalue weighted by Crippen LogP contribution is -2.02. The fourth-order valence-electron chi connectivity index (χ4n) is 1.92. The maximum Gasteiger partial charge on any atom is 0.0737 e. The third kappa shape index (κ3) is 4.06. The number of halogens is 2. The van der Waals surface area contributed by atoms with E-state index < -0.39 is 0 Å². The van der Waals surface area contributed by atoms with Gasteiger partial charge in [-0.2, -0.15) is 0 Å². The van der Waals surface area contributed by atoms with E-state index in [-0.39, 0.29) is 0 Å². The third-order valence-electron chi connectivity index (χ3n) is 3.44. The monoisotopic (exact) mass is 396 g/mol. The van der Waals surface area contributed by atoms with Crippen molar-refractivity contribution in [2.24, 2.45) is 0 Å². The van der Waals surface area contributed by atoms with E-state index in [0.717, 1.165) is 20.3 Å². The lowest BCUT2D eigenvalue weighted by Gasteiger charge is -2.11. The fourth-order valence-corrected chi connectivity index (χ4v) is 3.05. The van der Waals surface area contributed by atoms with Gasteiger partial charge < -0.3 is 5.32 Å². The van der Waals surface area contributed by atoms with Crippen LogP contribution in [0.4, 0.5) is 5.69 Å². The Bertz CT molecular complexity index is 567. The summed E-state index contributed by atoms with van der Waals surface area (Å²) in [6.07, 6.45) is 2.98. The Balaban J connectivity index is 2.00. The molecule has 2 aromatic rings. The van der Waals surface area contributed by atoms with Crippen LogP contribution in [0.2, 0.25) is 0 Å². The lowest BCUT2D eigenvalue weighted by atomic mass is 9.99. The summed E-state index contributed by atoms with van der Waals surface area (Å²) in [7, 11) is 0. The summed E-state index contributed by atoms with van der Waals surface area (Å²) in [6, 6.07) is 10.7. The number of nitrogens with one attached hydrogen (secondary N) is 1. The van der Waals surface area contributed by atoms with Gasteiger partial charge in [0.1, 0.15) is 0 Å². The largest absolute Gasteiger partial charge is 0.379 e. The van der Waals surface area contributed by atoms with Crippen LogP contribution in [0.3, 0.4) is 0 Å². The summed E-state index contributed by atoms with van der Waals surface area (Å²) in [5.41, 5.74) is 3.51. The molecular formula is C16H18Br2N2. The molecule has 20 heavy (non-hydrogen) atoms. The van der Waals surface area contributed by atoms with E-state index in [9.17, 15) is 0 Å². The van der Waals surface area contributed by atoms with Gasteiger partial charge in [-0.1, -0.05) is 26.0 Å². The van der Waals surface area contributed by atoms with Crippen LogP contribution in [0, 0.1) is 0 Å². The van der Waals surface area contributed by atoms with Gasteiger partial charge >= 0.3 is 0 Å². The Morgan fingerprint density at radius 1 is 1.20 bits per heavy atom. The first-order valence-electron chi connectivity index (χ1n) is 6.74. The minimum atomic E-state index is 0.617. The zero-order valence-corrected chi connectivity index (χ0v) is 14.8. The summed E-state index contributed by atoms with van der Waals surface area (Å²) in [5.74, 6) is 0.617. The molecule has 0 fully saturated rings. The SMILES string of the molecule is CCC(C)c1ccc(NCc2ncc(Br)cc2Br)cc1. The van der Waals surface area contributed by atoms with E-state index in [4.69, 9.17) is 0 Å². The van der Waals surface area contributed by atoms with Crippen LogP contribution in [0.5, 0.6) is 0 Å². The molecular weight excluding hydrogens is 380 g/mol. The number of rotatable bonds is 5. The van der Waals surface area contributed by atoms with E-state index >= 15 is 0 Å². The summed E-state index contributed by atoms with van der Waals surface area (Å²) in [6.45, 7) is 5.18. The number of hydrogen-bond acceptors (Lipinski definition) is 2. The molecule has 0 aliphatic heterocycles. The first kappa shape index (κ1) is 15.5. The summed E-state index contributed by atoms with van der Waals surface area (Å²) in [4.78, 5) is 4.40. The molecule has 1 aromatic carbocycles. The average Bonchev–Trinajstić information content (AvgIpc) is 2.46. The number of nitrogens with zero attached hydrogens (tertiary/aromatic N) is 1. The second-order valence-corrected chi connectivity index (χ2v) is 6.64. The molecule has 4 heteroatoms. The lowest BCUT2D eigenvalue weighted by molar-refractivity contribution is 0.734. The van der Waals surface area contributed by atoms with E-state index in [1.807, 2.05) is 12.3 Å². The van der Waals surface area contributed by atoms with Gasteiger partial charge in [0.05, 0.1) is 12.2 Å². The van der Waals surface area contributed by atoms with Crippen molar-refractivity contribution in [2.45, 2.75) is 32.7 Å². The summed E-state index contributed by atoms with van der Waals surface area (Å²) in [5, 5.41) is 3.40. The molecule has 2 rings (SSSR count). The molecule has 1 heterocycles. The molecule has 0 spiro atoms. The van der Waals surface area contributed by atoms with Crippen LogP contribution in [0.25, 0.3) is 0 Å². The quantitative estimate of drug-likeness (QED) is 0.696. The molecule has 1 unspecified atom stereocenters. The zero-order chi connectivity index (χ0) is 14.5. The normalized spacial score (nSPS) is 12.2. The van der Waals surface area contributed by atoms with E-state index in [1.54, 1.807) is 0 Å². The molecule has 0 aliphatic carbocycles. The minimum Gasteiger partial charge on any atom is -0.379 e. The average molecular weight is 398 g/mol. The van der Waals surface area contributed by atoms with Crippen LogP contribution in [0.1, 0.15) is 37.4 Å². The highest BCUT2D eigenvalue weighted by molar-refractivity contribution is 9.11. The van der Waals surface area contributed by atoms with Crippen molar-refractivity contribution in [3.63, 3.8) is 0 Å². The van der Waals surface area contributed by atoms with Gasteiger partial charge in [0.2, 0.25) is 0 Å². The van der Waals surface area contributed by atoms with Crippen LogP contribution in [-0.4, -0.2) is 4.98 Å². The van der Waals surface area contributed by atoms with Gasteiger partial charge in [0.15, 0.2) is 0 Å². The van der Waals surface area contributed by atoms with Gasteiger partial charge in [-0.25, -0.2) is 0 Å². The van der Waals surface area contributed by atoms with Crippen LogP contribution in [-0.2, 0) is 6.54 Å². The molecule has 2 nitrogen and oxygen atoms in total. The van der Waals surface area contributed by atoms with Gasteiger partial charge in [0.25, 0.3) is 0 Å². The Morgan fingerprint density at radius 3 is 2.50 bits per heavy atom. The highest BCUT2D eigenvalue weighted by Crippen LogP contribution is 2.22. The standard InChI is InChI=1S/C16H18Br2N2/c1-3-11(2)12-4-6-14(7-5-12)19-10-16-15(18)8-13(17)9-20-16/h4-9,11,19H,3,10H2,1-2H3. The molecule has 1 N–H and O–H groups in total. The first-order chi connectivity index (χ1) is 9.60. The van der Waals surface area contributed by atoms with Crippen LogP contribution in [0.15, 0.2) is 45.5 Å². The molecule has 0 aliphatic rings. The number of hydrogen-bond donors (Lipinski definition) is 1. The molecule has 106 valence electrons. The zero-order valence-electron chi connectivity index (χ0n) is 11.7. The van der Waals surface area contributed by atoms with Gasteiger partial charge in [-0.3, -0.25) is 4.98 Å². The Labute approximate surface area is 137 Å². The second kappa shape index (κ2) is 7.23. The van der Waals surface area contributed by atoms with E-state index in [2.05, 4.69) is 80.3 Å².